The van der Waals surface area contributed by atoms with Gasteiger partial charge in [-0.3, -0.25) is 9.69 Å². The zero-order valence-electron chi connectivity index (χ0n) is 18.5. The van der Waals surface area contributed by atoms with Crippen molar-refractivity contribution in [2.45, 2.75) is 19.4 Å². The van der Waals surface area contributed by atoms with Gasteiger partial charge >= 0.3 is 0 Å². The fraction of sp³-hybridized carbons (Fsp3) is 0.500. The lowest BCUT2D eigenvalue weighted by Gasteiger charge is -2.26. The van der Waals surface area contributed by atoms with Gasteiger partial charge in [0.05, 0.1) is 58.0 Å². The fourth-order valence-corrected chi connectivity index (χ4v) is 6.89. The molecule has 1 N–H and O–H groups in total. The number of thiophene rings is 1. The van der Waals surface area contributed by atoms with Crippen LogP contribution in [0.15, 0.2) is 23.6 Å². The monoisotopic (exact) mass is 489 g/mol. The fourth-order valence-electron chi connectivity index (χ4n) is 4.51. The number of hydrogen-bond acceptors (Lipinski definition) is 8. The first kappa shape index (κ1) is 22.5. The van der Waals surface area contributed by atoms with Gasteiger partial charge in [0.25, 0.3) is 5.91 Å². The van der Waals surface area contributed by atoms with Crippen molar-refractivity contribution in [1.29, 1.82) is 0 Å². The van der Waals surface area contributed by atoms with Gasteiger partial charge in [-0.05, 0) is 30.9 Å². The Bertz CT molecular complexity index is 1260. The van der Waals surface area contributed by atoms with Gasteiger partial charge in [-0.1, -0.05) is 6.07 Å². The minimum absolute atomic E-state index is 0.0508. The van der Waals surface area contributed by atoms with Crippen LogP contribution in [0, 0.1) is 6.92 Å². The Morgan fingerprint density at radius 2 is 2.15 bits per heavy atom. The predicted octanol–water partition coefficient (Wildman–Crippen LogP) is 1.89. The highest BCUT2D eigenvalue weighted by Crippen LogP contribution is 2.33. The molecule has 0 radical (unpaired) electrons. The molecule has 1 amide bonds. The van der Waals surface area contributed by atoms with Crippen LogP contribution >= 0.6 is 11.3 Å². The van der Waals surface area contributed by atoms with Crippen LogP contribution < -0.4 is 5.32 Å². The third-order valence-electron chi connectivity index (χ3n) is 6.23. The molecule has 0 aliphatic carbocycles. The number of nitrogens with zero attached hydrogens (tertiary/aromatic N) is 4. The van der Waals surface area contributed by atoms with Crippen molar-refractivity contribution in [3.63, 3.8) is 0 Å². The minimum atomic E-state index is -3.08. The summed E-state index contributed by atoms with van der Waals surface area (Å²) in [7, 11) is -3.08. The molecule has 3 aromatic rings. The van der Waals surface area contributed by atoms with Crippen LogP contribution in [0.25, 0.3) is 21.6 Å². The molecule has 2 saturated heterocycles. The molecule has 0 spiro atoms. The van der Waals surface area contributed by atoms with Crippen molar-refractivity contribution in [3.05, 3.63) is 34.8 Å². The molecule has 9 nitrogen and oxygen atoms in total. The Hall–Kier alpha value is -2.34. The molecule has 0 saturated carbocycles. The molecule has 2 aliphatic rings. The predicted molar refractivity (Wildman–Crippen MR) is 127 cm³/mol. The molecule has 33 heavy (non-hydrogen) atoms. The number of pyridine rings is 1. The lowest BCUT2D eigenvalue weighted by molar-refractivity contribution is 0.0383. The van der Waals surface area contributed by atoms with Crippen molar-refractivity contribution < 1.29 is 17.9 Å². The summed E-state index contributed by atoms with van der Waals surface area (Å²) in [5.74, 6) is 0.0300. The second-order valence-electron chi connectivity index (χ2n) is 8.53. The van der Waals surface area contributed by atoms with Gasteiger partial charge in [0, 0.05) is 26.2 Å². The van der Waals surface area contributed by atoms with Gasteiger partial charge in [-0.2, -0.15) is 5.10 Å². The van der Waals surface area contributed by atoms with Crippen molar-refractivity contribution >= 4 is 38.1 Å². The maximum Gasteiger partial charge on any atom is 0.252 e. The number of nitrogens with one attached hydrogen (secondary N) is 1. The van der Waals surface area contributed by atoms with Crippen LogP contribution in [0.4, 0.5) is 0 Å². The summed E-state index contributed by atoms with van der Waals surface area (Å²) in [5, 5.41) is 10.4. The Labute approximate surface area is 196 Å². The van der Waals surface area contributed by atoms with E-state index >= 15 is 0 Å². The van der Waals surface area contributed by atoms with Crippen molar-refractivity contribution in [1.82, 2.24) is 25.0 Å². The molecule has 5 rings (SSSR count). The Morgan fingerprint density at radius 1 is 1.33 bits per heavy atom. The summed E-state index contributed by atoms with van der Waals surface area (Å²) < 4.78 is 31.3. The zero-order valence-corrected chi connectivity index (χ0v) is 20.1. The highest BCUT2D eigenvalue weighted by atomic mass is 32.2. The van der Waals surface area contributed by atoms with E-state index in [0.717, 1.165) is 37.7 Å². The van der Waals surface area contributed by atoms with Gasteiger partial charge < -0.3 is 10.1 Å². The largest absolute Gasteiger partial charge is 0.379 e. The molecule has 0 unspecified atom stereocenters. The maximum absolute atomic E-state index is 13.3. The van der Waals surface area contributed by atoms with Gasteiger partial charge in [-0.25, -0.2) is 18.1 Å². The summed E-state index contributed by atoms with van der Waals surface area (Å²) in [6, 6.07) is 5.46. The molecule has 0 bridgehead atoms. The second kappa shape index (κ2) is 9.13. The number of hydrogen-bond donors (Lipinski definition) is 1. The molecule has 2 aliphatic heterocycles. The highest BCUT2D eigenvalue weighted by molar-refractivity contribution is 7.91. The molecule has 176 valence electrons. The van der Waals surface area contributed by atoms with E-state index < -0.39 is 9.84 Å². The van der Waals surface area contributed by atoms with Crippen LogP contribution in [0.5, 0.6) is 0 Å². The Kier molecular flexibility index (Phi) is 6.21. The van der Waals surface area contributed by atoms with Gasteiger partial charge in [-0.15, -0.1) is 11.3 Å². The minimum Gasteiger partial charge on any atom is -0.379 e. The molecule has 11 heteroatoms. The van der Waals surface area contributed by atoms with E-state index in [2.05, 4.69) is 15.3 Å². The number of carbonyl (C=O) groups is 1. The molecular weight excluding hydrogens is 462 g/mol. The zero-order chi connectivity index (χ0) is 23.0. The lowest BCUT2D eigenvalue weighted by Crippen LogP contribution is -2.41. The topological polar surface area (TPSA) is 106 Å². The molecule has 3 aromatic heterocycles. The number of amides is 1. The van der Waals surface area contributed by atoms with Crippen LogP contribution in [0.1, 0.15) is 28.5 Å². The van der Waals surface area contributed by atoms with Gasteiger partial charge in [0.15, 0.2) is 15.5 Å². The average Bonchev–Trinajstić information content (AvgIpc) is 3.53. The summed E-state index contributed by atoms with van der Waals surface area (Å²) in [6.07, 6.45) is 0.505. The van der Waals surface area contributed by atoms with E-state index in [1.165, 1.54) is 0 Å². The third kappa shape index (κ3) is 4.68. The van der Waals surface area contributed by atoms with Crippen LogP contribution in [-0.4, -0.2) is 84.9 Å². The molecular formula is C22H27N5O4S2. The summed E-state index contributed by atoms with van der Waals surface area (Å²) in [6.45, 7) is 6.32. The second-order valence-corrected chi connectivity index (χ2v) is 11.7. The maximum atomic E-state index is 13.3. The van der Waals surface area contributed by atoms with E-state index in [9.17, 15) is 13.2 Å². The Morgan fingerprint density at radius 3 is 2.85 bits per heavy atom. The van der Waals surface area contributed by atoms with E-state index in [1.807, 2.05) is 30.5 Å². The normalized spacial score (nSPS) is 20.9. The molecule has 1 atom stereocenters. The number of morpholine rings is 1. The van der Waals surface area contributed by atoms with E-state index in [4.69, 9.17) is 9.72 Å². The summed E-state index contributed by atoms with van der Waals surface area (Å²) in [4.78, 5) is 21.4. The average molecular weight is 490 g/mol. The van der Waals surface area contributed by atoms with E-state index in [0.29, 0.717) is 41.0 Å². The number of aromatic nitrogens is 3. The van der Waals surface area contributed by atoms with Crippen LogP contribution in [0.3, 0.4) is 0 Å². The Balaban J connectivity index is 1.49. The third-order valence-corrected chi connectivity index (χ3v) is 8.87. The SMILES string of the molecule is Cc1nn([C@@H]2CCS(=O)(=O)C2)c2nc(-c3cccs3)cc(C(=O)NCCN3CCOCC3)c12. The smallest absolute Gasteiger partial charge is 0.252 e. The van der Waals surface area contributed by atoms with Crippen molar-refractivity contribution in [3.8, 4) is 10.6 Å². The number of ether oxygens (including phenoxy) is 1. The van der Waals surface area contributed by atoms with E-state index in [-0.39, 0.29) is 23.5 Å². The lowest BCUT2D eigenvalue weighted by atomic mass is 10.1. The first-order valence-electron chi connectivity index (χ1n) is 11.1. The van der Waals surface area contributed by atoms with Crippen molar-refractivity contribution in [2.75, 3.05) is 50.9 Å². The standard InChI is InChI=1S/C22H27N5O4S2/c1-15-20-17(22(28)23-5-6-26-7-9-31-10-8-26)13-18(19-3-2-11-32-19)24-21(20)27(25-15)16-4-12-33(29,30)14-16/h2-3,11,13,16H,4-10,12,14H2,1H3,(H,23,28)/t16-/m1/s1. The van der Waals surface area contributed by atoms with Gasteiger partial charge in [0.1, 0.15) is 0 Å². The van der Waals surface area contributed by atoms with Gasteiger partial charge in [0.2, 0.25) is 0 Å². The molecule has 0 aromatic carbocycles. The first-order valence-corrected chi connectivity index (χ1v) is 13.8. The molecule has 2 fully saturated rings. The number of sulfone groups is 1. The number of carbonyl (C=O) groups excluding carboxylic acids is 1. The summed E-state index contributed by atoms with van der Waals surface area (Å²) >= 11 is 1.55. The highest BCUT2D eigenvalue weighted by Gasteiger charge is 2.32. The quantitative estimate of drug-likeness (QED) is 0.564. The number of rotatable bonds is 6. The molecule has 5 heterocycles. The van der Waals surface area contributed by atoms with E-state index in [1.54, 1.807) is 16.0 Å². The first-order chi connectivity index (χ1) is 15.9. The van der Waals surface area contributed by atoms with Crippen LogP contribution in [0.2, 0.25) is 0 Å². The van der Waals surface area contributed by atoms with Crippen LogP contribution in [-0.2, 0) is 14.6 Å². The summed E-state index contributed by atoms with van der Waals surface area (Å²) in [5.41, 5.74) is 2.46. The number of aryl methyl sites for hydroxylation is 1. The van der Waals surface area contributed by atoms with Crippen molar-refractivity contribution in [2.24, 2.45) is 0 Å². The number of fused-ring (bicyclic) bond motifs is 1.